The standard InChI is InChI=1S/C15H26FNO/c1-8-15(16)13(17(6)7)12(9-10(2)3)18-14(15)11(4)5/h1,10-14H,9H2,2-7H3/t12-,13-,14+,15-/m1/s1. The highest BCUT2D eigenvalue weighted by Gasteiger charge is 2.58. The summed E-state index contributed by atoms with van der Waals surface area (Å²) < 4.78 is 21.1. The number of hydrogen-bond donors (Lipinski definition) is 0. The van der Waals surface area contributed by atoms with Crippen molar-refractivity contribution in [2.45, 2.75) is 58.0 Å². The van der Waals surface area contributed by atoms with Gasteiger partial charge in [-0.15, -0.1) is 6.42 Å². The van der Waals surface area contributed by atoms with Crippen molar-refractivity contribution in [3.05, 3.63) is 0 Å². The molecule has 0 aromatic rings. The first-order chi connectivity index (χ1) is 8.24. The molecule has 0 amide bonds. The fourth-order valence-electron chi connectivity index (χ4n) is 2.97. The molecule has 3 heteroatoms. The first kappa shape index (κ1) is 15.5. The minimum atomic E-state index is -1.70. The Labute approximate surface area is 111 Å². The quantitative estimate of drug-likeness (QED) is 0.716. The van der Waals surface area contributed by atoms with Crippen molar-refractivity contribution in [1.82, 2.24) is 4.90 Å². The lowest BCUT2D eigenvalue weighted by atomic mass is 9.84. The van der Waals surface area contributed by atoms with Crippen LogP contribution < -0.4 is 0 Å². The molecule has 1 fully saturated rings. The molecule has 2 nitrogen and oxygen atoms in total. The fourth-order valence-corrected chi connectivity index (χ4v) is 2.97. The largest absolute Gasteiger partial charge is 0.368 e. The number of halogens is 1. The molecule has 104 valence electrons. The minimum Gasteiger partial charge on any atom is -0.368 e. The normalized spacial score (nSPS) is 36.6. The number of likely N-dealkylation sites (N-methyl/N-ethyl adjacent to an activating group) is 1. The molecular formula is C15H26FNO. The number of terminal acetylenes is 1. The van der Waals surface area contributed by atoms with Gasteiger partial charge >= 0.3 is 0 Å². The third-order valence-electron chi connectivity index (χ3n) is 3.60. The molecule has 1 aliphatic rings. The predicted molar refractivity (Wildman–Crippen MR) is 73.1 cm³/mol. The Bertz CT molecular complexity index is 321. The summed E-state index contributed by atoms with van der Waals surface area (Å²) in [6.45, 7) is 8.16. The summed E-state index contributed by atoms with van der Waals surface area (Å²) in [4.78, 5) is 1.87. The van der Waals surface area contributed by atoms with E-state index in [4.69, 9.17) is 11.2 Å². The Morgan fingerprint density at radius 1 is 1.33 bits per heavy atom. The van der Waals surface area contributed by atoms with Crippen LogP contribution in [0.2, 0.25) is 0 Å². The molecule has 0 aromatic carbocycles. The van der Waals surface area contributed by atoms with Gasteiger partial charge in [0.1, 0.15) is 6.10 Å². The lowest BCUT2D eigenvalue weighted by molar-refractivity contribution is -0.0200. The maximum atomic E-state index is 15.2. The van der Waals surface area contributed by atoms with Crippen LogP contribution in [0.15, 0.2) is 0 Å². The van der Waals surface area contributed by atoms with Gasteiger partial charge in [0.05, 0.1) is 12.1 Å². The van der Waals surface area contributed by atoms with Crippen molar-refractivity contribution < 1.29 is 9.13 Å². The molecule has 0 N–H and O–H groups in total. The molecule has 1 aliphatic heterocycles. The van der Waals surface area contributed by atoms with Gasteiger partial charge < -0.3 is 9.64 Å². The predicted octanol–water partition coefficient (Wildman–Crippen LogP) is 2.73. The second-order valence-electron chi connectivity index (χ2n) is 6.29. The third-order valence-corrected chi connectivity index (χ3v) is 3.60. The van der Waals surface area contributed by atoms with Crippen LogP contribution in [0.25, 0.3) is 0 Å². The lowest BCUT2D eigenvalue weighted by Gasteiger charge is -2.32. The third kappa shape index (κ3) is 2.70. The molecule has 1 rings (SSSR count). The van der Waals surface area contributed by atoms with Gasteiger partial charge in [-0.2, -0.15) is 0 Å². The van der Waals surface area contributed by atoms with E-state index in [1.54, 1.807) is 0 Å². The number of nitrogens with zero attached hydrogens (tertiary/aromatic N) is 1. The lowest BCUT2D eigenvalue weighted by Crippen LogP contribution is -2.52. The highest BCUT2D eigenvalue weighted by atomic mass is 19.1. The van der Waals surface area contributed by atoms with E-state index in [0.717, 1.165) is 6.42 Å². The second-order valence-corrected chi connectivity index (χ2v) is 6.29. The molecule has 1 heterocycles. The van der Waals surface area contributed by atoms with Crippen molar-refractivity contribution in [1.29, 1.82) is 0 Å². The van der Waals surface area contributed by atoms with Crippen LogP contribution in [-0.4, -0.2) is 42.9 Å². The molecule has 0 spiro atoms. The summed E-state index contributed by atoms with van der Waals surface area (Å²) in [6.07, 6.45) is 5.67. The summed E-state index contributed by atoms with van der Waals surface area (Å²) in [7, 11) is 3.74. The van der Waals surface area contributed by atoms with Crippen molar-refractivity contribution in [3.8, 4) is 12.3 Å². The minimum absolute atomic E-state index is 0.0747. The summed E-state index contributed by atoms with van der Waals surface area (Å²) in [6, 6.07) is -0.364. The summed E-state index contributed by atoms with van der Waals surface area (Å²) in [5.41, 5.74) is -1.70. The number of rotatable bonds is 4. The number of hydrogen-bond acceptors (Lipinski definition) is 2. The summed E-state index contributed by atoms with van der Waals surface area (Å²) in [5.74, 6) is 2.91. The summed E-state index contributed by atoms with van der Waals surface area (Å²) >= 11 is 0. The monoisotopic (exact) mass is 255 g/mol. The van der Waals surface area contributed by atoms with Crippen LogP contribution >= 0.6 is 0 Å². The number of alkyl halides is 1. The SMILES string of the molecule is C#C[C@]1(F)[C@H](C(C)C)O[C@H](CC(C)C)[C@H]1N(C)C. The van der Waals surface area contributed by atoms with Crippen LogP contribution in [-0.2, 0) is 4.74 Å². The Balaban J connectivity index is 3.07. The van der Waals surface area contributed by atoms with E-state index >= 15 is 4.39 Å². The zero-order valence-electron chi connectivity index (χ0n) is 12.4. The van der Waals surface area contributed by atoms with Gasteiger partial charge in [-0.25, -0.2) is 4.39 Å². The maximum Gasteiger partial charge on any atom is 0.214 e. The Morgan fingerprint density at radius 3 is 2.22 bits per heavy atom. The zero-order valence-corrected chi connectivity index (χ0v) is 12.4. The van der Waals surface area contributed by atoms with E-state index in [-0.39, 0.29) is 18.1 Å². The van der Waals surface area contributed by atoms with Gasteiger partial charge in [-0.05, 0) is 32.4 Å². The molecule has 0 bridgehead atoms. The van der Waals surface area contributed by atoms with Gasteiger partial charge in [0.15, 0.2) is 0 Å². The van der Waals surface area contributed by atoms with Crippen LogP contribution in [0.1, 0.15) is 34.1 Å². The average molecular weight is 255 g/mol. The number of ether oxygens (including phenoxy) is 1. The molecule has 0 aromatic heterocycles. The molecular weight excluding hydrogens is 229 g/mol. The van der Waals surface area contributed by atoms with Crippen LogP contribution in [0, 0.1) is 24.2 Å². The van der Waals surface area contributed by atoms with Gasteiger partial charge in [0.25, 0.3) is 0 Å². The van der Waals surface area contributed by atoms with E-state index in [1.807, 2.05) is 32.8 Å². The van der Waals surface area contributed by atoms with Crippen LogP contribution in [0.3, 0.4) is 0 Å². The maximum absolute atomic E-state index is 15.2. The topological polar surface area (TPSA) is 12.5 Å². The Hall–Kier alpha value is -0.590. The smallest absolute Gasteiger partial charge is 0.214 e. The van der Waals surface area contributed by atoms with Crippen LogP contribution in [0.4, 0.5) is 4.39 Å². The molecule has 0 radical (unpaired) electrons. The molecule has 4 atom stereocenters. The first-order valence-electron chi connectivity index (χ1n) is 6.72. The van der Waals surface area contributed by atoms with Gasteiger partial charge in [0, 0.05) is 0 Å². The van der Waals surface area contributed by atoms with E-state index in [2.05, 4.69) is 19.8 Å². The molecule has 0 aliphatic carbocycles. The molecule has 0 saturated carbocycles. The highest BCUT2D eigenvalue weighted by molar-refractivity contribution is 5.23. The molecule has 0 unspecified atom stereocenters. The summed E-state index contributed by atoms with van der Waals surface area (Å²) in [5, 5.41) is 0. The van der Waals surface area contributed by atoms with Gasteiger partial charge in [-0.1, -0.05) is 33.6 Å². The van der Waals surface area contributed by atoms with Crippen molar-refractivity contribution in [2.24, 2.45) is 11.8 Å². The van der Waals surface area contributed by atoms with Crippen molar-refractivity contribution in [3.63, 3.8) is 0 Å². The molecule has 1 saturated heterocycles. The Kier molecular flexibility index (Phi) is 4.80. The van der Waals surface area contributed by atoms with E-state index in [9.17, 15) is 0 Å². The van der Waals surface area contributed by atoms with Gasteiger partial charge in [0.2, 0.25) is 5.67 Å². The Morgan fingerprint density at radius 2 is 1.89 bits per heavy atom. The highest BCUT2D eigenvalue weighted by Crippen LogP contribution is 2.41. The van der Waals surface area contributed by atoms with Crippen LogP contribution in [0.5, 0.6) is 0 Å². The van der Waals surface area contributed by atoms with Gasteiger partial charge in [-0.3, -0.25) is 0 Å². The van der Waals surface area contributed by atoms with E-state index in [0.29, 0.717) is 5.92 Å². The van der Waals surface area contributed by atoms with E-state index < -0.39 is 11.8 Å². The zero-order chi connectivity index (χ0) is 14.1. The fraction of sp³-hybridized carbons (Fsp3) is 0.867. The average Bonchev–Trinajstić information content (AvgIpc) is 2.51. The second kappa shape index (κ2) is 5.59. The molecule has 18 heavy (non-hydrogen) atoms. The first-order valence-corrected chi connectivity index (χ1v) is 6.72. The van der Waals surface area contributed by atoms with E-state index in [1.165, 1.54) is 0 Å². The van der Waals surface area contributed by atoms with Crippen molar-refractivity contribution in [2.75, 3.05) is 14.1 Å². The van der Waals surface area contributed by atoms with Crippen molar-refractivity contribution >= 4 is 0 Å².